The second-order valence-electron chi connectivity index (χ2n) is 3.04. The van der Waals surface area contributed by atoms with E-state index in [9.17, 15) is 0 Å². The molecule has 1 aromatic heterocycles. The van der Waals surface area contributed by atoms with Crippen molar-refractivity contribution in [3.05, 3.63) is 47.4 Å². The third kappa shape index (κ3) is 1.43. The Morgan fingerprint density at radius 3 is 2.93 bits per heavy atom. The van der Waals surface area contributed by atoms with Crippen molar-refractivity contribution in [1.82, 2.24) is 4.98 Å². The van der Waals surface area contributed by atoms with Gasteiger partial charge in [0.05, 0.1) is 12.1 Å². The van der Waals surface area contributed by atoms with E-state index >= 15 is 0 Å². The van der Waals surface area contributed by atoms with Gasteiger partial charge in [0.1, 0.15) is 0 Å². The van der Waals surface area contributed by atoms with Crippen molar-refractivity contribution in [2.45, 2.75) is 6.54 Å². The molecular weight excluding hydrogens is 174 g/mol. The molecule has 0 spiro atoms. The van der Waals surface area contributed by atoms with Gasteiger partial charge >= 0.3 is 0 Å². The number of nitrogens with two attached hydrogens (primary N) is 1. The standard InChI is InChI=1S/C11H9N3/c1-13-10-5-9-3-2-8(6-12)4-11(9)14-7-10/h2-5,7H,6,12H2. The Morgan fingerprint density at radius 2 is 2.21 bits per heavy atom. The zero-order valence-electron chi connectivity index (χ0n) is 7.57. The second-order valence-corrected chi connectivity index (χ2v) is 3.04. The summed E-state index contributed by atoms with van der Waals surface area (Å²) >= 11 is 0. The topological polar surface area (TPSA) is 43.3 Å². The SMILES string of the molecule is [C-]#[N+]c1cnc2cc(CN)ccc2c1. The first-order chi connectivity index (χ1) is 6.83. The van der Waals surface area contributed by atoms with Crippen molar-refractivity contribution in [3.8, 4) is 0 Å². The summed E-state index contributed by atoms with van der Waals surface area (Å²) in [5, 5.41) is 0.982. The normalized spacial score (nSPS) is 10.0. The van der Waals surface area contributed by atoms with Gasteiger partial charge in [-0.3, -0.25) is 4.98 Å². The molecule has 0 aliphatic rings. The van der Waals surface area contributed by atoms with E-state index in [4.69, 9.17) is 12.3 Å². The van der Waals surface area contributed by atoms with Crippen molar-refractivity contribution >= 4 is 16.6 Å². The largest absolute Gasteiger partial charge is 0.326 e. The number of nitrogens with zero attached hydrogens (tertiary/aromatic N) is 2. The second kappa shape index (κ2) is 3.44. The first-order valence-corrected chi connectivity index (χ1v) is 4.29. The summed E-state index contributed by atoms with van der Waals surface area (Å²) in [5.74, 6) is 0. The van der Waals surface area contributed by atoms with E-state index in [0.717, 1.165) is 16.5 Å². The Morgan fingerprint density at radius 1 is 1.36 bits per heavy atom. The highest BCUT2D eigenvalue weighted by molar-refractivity contribution is 5.82. The molecule has 0 saturated heterocycles. The fraction of sp³-hybridized carbons (Fsp3) is 0.0909. The third-order valence-corrected chi connectivity index (χ3v) is 2.10. The van der Waals surface area contributed by atoms with Crippen LogP contribution < -0.4 is 5.73 Å². The Bertz CT molecular complexity index is 511. The number of hydrogen-bond acceptors (Lipinski definition) is 2. The Balaban J connectivity index is 2.64. The van der Waals surface area contributed by atoms with Gasteiger partial charge in [-0.15, -0.1) is 0 Å². The molecule has 68 valence electrons. The van der Waals surface area contributed by atoms with E-state index in [-0.39, 0.29) is 0 Å². The van der Waals surface area contributed by atoms with Crippen LogP contribution >= 0.6 is 0 Å². The van der Waals surface area contributed by atoms with E-state index in [1.54, 1.807) is 6.20 Å². The van der Waals surface area contributed by atoms with Crippen LogP contribution in [0.25, 0.3) is 15.7 Å². The van der Waals surface area contributed by atoms with Crippen molar-refractivity contribution in [2.75, 3.05) is 0 Å². The van der Waals surface area contributed by atoms with Crippen LogP contribution in [-0.4, -0.2) is 4.98 Å². The lowest BCUT2D eigenvalue weighted by molar-refractivity contribution is 1.07. The highest BCUT2D eigenvalue weighted by atomic mass is 14.7. The number of fused-ring (bicyclic) bond motifs is 1. The maximum atomic E-state index is 6.86. The third-order valence-electron chi connectivity index (χ3n) is 2.10. The highest BCUT2D eigenvalue weighted by Gasteiger charge is 1.98. The Hall–Kier alpha value is -1.92. The zero-order valence-corrected chi connectivity index (χ0v) is 7.57. The summed E-state index contributed by atoms with van der Waals surface area (Å²) in [5.41, 5.74) is 8.03. The van der Waals surface area contributed by atoms with E-state index in [1.807, 2.05) is 24.3 Å². The molecule has 0 aliphatic carbocycles. The first-order valence-electron chi connectivity index (χ1n) is 4.29. The van der Waals surface area contributed by atoms with Gasteiger partial charge in [0.25, 0.3) is 0 Å². The molecule has 0 saturated carbocycles. The van der Waals surface area contributed by atoms with Crippen LogP contribution in [0.5, 0.6) is 0 Å². The minimum atomic E-state index is 0.516. The number of hydrogen-bond donors (Lipinski definition) is 1. The molecule has 0 aliphatic heterocycles. The molecule has 0 unspecified atom stereocenters. The lowest BCUT2D eigenvalue weighted by Crippen LogP contribution is -1.95. The number of benzene rings is 1. The average molecular weight is 183 g/mol. The molecular formula is C11H9N3. The van der Waals surface area contributed by atoms with Crippen LogP contribution in [0.2, 0.25) is 0 Å². The molecule has 14 heavy (non-hydrogen) atoms. The smallest absolute Gasteiger partial charge is 0.205 e. The molecule has 0 amide bonds. The van der Waals surface area contributed by atoms with Gasteiger partial charge in [-0.05, 0) is 23.1 Å². The fourth-order valence-electron chi connectivity index (χ4n) is 1.34. The van der Waals surface area contributed by atoms with Crippen LogP contribution in [0.1, 0.15) is 5.56 Å². The Kier molecular flexibility index (Phi) is 2.13. The number of aromatic nitrogens is 1. The Labute approximate surface area is 82.0 Å². The van der Waals surface area contributed by atoms with Crippen molar-refractivity contribution in [2.24, 2.45) is 5.73 Å². The fourth-order valence-corrected chi connectivity index (χ4v) is 1.34. The lowest BCUT2D eigenvalue weighted by atomic mass is 10.1. The van der Waals surface area contributed by atoms with Crippen LogP contribution in [0.3, 0.4) is 0 Å². The minimum Gasteiger partial charge on any atom is -0.326 e. The van der Waals surface area contributed by atoms with Crippen LogP contribution in [-0.2, 0) is 6.54 Å². The summed E-state index contributed by atoms with van der Waals surface area (Å²) in [6.07, 6.45) is 1.58. The molecule has 3 heteroatoms. The van der Waals surface area contributed by atoms with Crippen LogP contribution in [0.4, 0.5) is 5.69 Å². The summed E-state index contributed by atoms with van der Waals surface area (Å²) in [4.78, 5) is 7.52. The summed E-state index contributed by atoms with van der Waals surface area (Å²) in [6.45, 7) is 7.38. The number of rotatable bonds is 1. The maximum Gasteiger partial charge on any atom is 0.205 e. The highest BCUT2D eigenvalue weighted by Crippen LogP contribution is 2.19. The molecule has 2 rings (SSSR count). The van der Waals surface area contributed by atoms with Crippen LogP contribution in [0.15, 0.2) is 30.5 Å². The molecule has 2 aromatic rings. The van der Waals surface area contributed by atoms with Crippen LogP contribution in [0, 0.1) is 6.57 Å². The molecule has 3 nitrogen and oxygen atoms in total. The van der Waals surface area contributed by atoms with E-state index < -0.39 is 0 Å². The average Bonchev–Trinajstić information content (AvgIpc) is 2.27. The van der Waals surface area contributed by atoms with E-state index in [2.05, 4.69) is 9.83 Å². The lowest BCUT2D eigenvalue weighted by Gasteiger charge is -2.00. The van der Waals surface area contributed by atoms with Crippen molar-refractivity contribution < 1.29 is 0 Å². The molecule has 1 heterocycles. The van der Waals surface area contributed by atoms with E-state index in [0.29, 0.717) is 12.2 Å². The molecule has 0 atom stereocenters. The maximum absolute atomic E-state index is 6.86. The van der Waals surface area contributed by atoms with Crippen molar-refractivity contribution in [3.63, 3.8) is 0 Å². The minimum absolute atomic E-state index is 0.516. The predicted molar refractivity (Wildman–Crippen MR) is 55.9 cm³/mol. The molecule has 1 aromatic carbocycles. The van der Waals surface area contributed by atoms with Gasteiger partial charge < -0.3 is 5.73 Å². The summed E-state index contributed by atoms with van der Waals surface area (Å²) in [7, 11) is 0. The molecule has 0 fully saturated rings. The zero-order chi connectivity index (χ0) is 9.97. The van der Waals surface area contributed by atoms with Gasteiger partial charge in [0.15, 0.2) is 0 Å². The molecule has 2 N–H and O–H groups in total. The molecule has 0 bridgehead atoms. The van der Waals surface area contributed by atoms with Gasteiger partial charge in [-0.2, -0.15) is 0 Å². The van der Waals surface area contributed by atoms with E-state index in [1.165, 1.54) is 0 Å². The molecule has 0 radical (unpaired) electrons. The summed E-state index contributed by atoms with van der Waals surface area (Å²) in [6, 6.07) is 7.68. The van der Waals surface area contributed by atoms with Gasteiger partial charge in [-0.1, -0.05) is 12.1 Å². The first kappa shape index (κ1) is 8.67. The van der Waals surface area contributed by atoms with Gasteiger partial charge in [-0.25, -0.2) is 4.85 Å². The number of pyridine rings is 1. The van der Waals surface area contributed by atoms with Gasteiger partial charge in [0, 0.05) is 12.7 Å². The summed E-state index contributed by atoms with van der Waals surface area (Å²) < 4.78 is 0. The van der Waals surface area contributed by atoms with Crippen molar-refractivity contribution in [1.29, 1.82) is 0 Å². The van der Waals surface area contributed by atoms with Gasteiger partial charge in [0.2, 0.25) is 5.69 Å². The quantitative estimate of drug-likeness (QED) is 0.689. The monoisotopic (exact) mass is 183 g/mol. The predicted octanol–water partition coefficient (Wildman–Crippen LogP) is 2.24.